The van der Waals surface area contributed by atoms with Crippen molar-refractivity contribution in [1.29, 1.82) is 0 Å². The Hall–Kier alpha value is -2.48. The minimum Gasteiger partial charge on any atom is -0.397 e. The number of aromatic nitrogens is 1. The summed E-state index contributed by atoms with van der Waals surface area (Å²) in [6.45, 7) is 1.92. The summed E-state index contributed by atoms with van der Waals surface area (Å²) in [6.07, 6.45) is 1.56. The van der Waals surface area contributed by atoms with Crippen LogP contribution in [0.2, 0.25) is 5.02 Å². The van der Waals surface area contributed by atoms with Gasteiger partial charge in [0.2, 0.25) is 0 Å². The molecule has 148 valence electrons. The largest absolute Gasteiger partial charge is 0.397 e. The van der Waals surface area contributed by atoms with Crippen LogP contribution in [0.25, 0.3) is 10.9 Å². The molecule has 3 aromatic carbocycles. The average Bonchev–Trinajstić information content (AvgIpc) is 3.12. The van der Waals surface area contributed by atoms with Crippen LogP contribution in [-0.4, -0.2) is 12.4 Å². The van der Waals surface area contributed by atoms with Gasteiger partial charge in [0.1, 0.15) is 0 Å². The molecule has 5 nitrogen and oxygen atoms in total. The summed E-state index contributed by atoms with van der Waals surface area (Å²) in [4.78, 5) is 0.241. The van der Waals surface area contributed by atoms with Gasteiger partial charge >= 0.3 is 0 Å². The summed E-state index contributed by atoms with van der Waals surface area (Å²) in [5.41, 5.74) is 9.54. The van der Waals surface area contributed by atoms with Crippen LogP contribution in [-0.2, 0) is 10.0 Å². The number of hydrogen-bond donors (Lipinski definition) is 2. The minimum absolute atomic E-state index is 0.241. The van der Waals surface area contributed by atoms with Crippen molar-refractivity contribution in [2.75, 3.05) is 11.1 Å². The highest BCUT2D eigenvalue weighted by molar-refractivity contribution is 9.10. The topological polar surface area (TPSA) is 77.1 Å². The van der Waals surface area contributed by atoms with E-state index in [0.717, 1.165) is 16.6 Å². The normalized spacial score (nSPS) is 11.7. The Morgan fingerprint density at radius 2 is 1.76 bits per heavy atom. The van der Waals surface area contributed by atoms with Crippen LogP contribution >= 0.6 is 27.5 Å². The molecule has 0 bridgehead atoms. The summed E-state index contributed by atoms with van der Waals surface area (Å²) >= 11 is 9.47. The number of benzene rings is 3. The number of nitrogens with two attached hydrogens (primary N) is 1. The van der Waals surface area contributed by atoms with E-state index in [0.29, 0.717) is 26.4 Å². The van der Waals surface area contributed by atoms with E-state index in [1.807, 2.05) is 13.0 Å². The van der Waals surface area contributed by atoms with Crippen molar-refractivity contribution in [3.8, 4) is 0 Å². The van der Waals surface area contributed by atoms with E-state index in [9.17, 15) is 8.42 Å². The molecule has 0 saturated carbocycles. The van der Waals surface area contributed by atoms with Crippen molar-refractivity contribution in [3.63, 3.8) is 0 Å². The molecule has 0 unspecified atom stereocenters. The number of anilines is 3. The number of hydrogen-bond acceptors (Lipinski definition) is 4. The Morgan fingerprint density at radius 1 is 1.03 bits per heavy atom. The number of rotatable bonds is 4. The van der Waals surface area contributed by atoms with Crippen LogP contribution in [0.3, 0.4) is 0 Å². The van der Waals surface area contributed by atoms with Gasteiger partial charge in [-0.3, -0.25) is 0 Å². The maximum absolute atomic E-state index is 13.1. The molecule has 0 amide bonds. The van der Waals surface area contributed by atoms with Gasteiger partial charge in [-0.15, -0.1) is 0 Å². The predicted octanol–water partition coefficient (Wildman–Crippen LogP) is 5.93. The second kappa shape index (κ2) is 7.40. The summed E-state index contributed by atoms with van der Waals surface area (Å²) in [5, 5.41) is 4.55. The quantitative estimate of drug-likeness (QED) is 0.348. The van der Waals surface area contributed by atoms with Crippen molar-refractivity contribution in [2.45, 2.75) is 11.8 Å². The summed E-state index contributed by atoms with van der Waals surface area (Å²) in [7, 11) is -3.71. The third kappa shape index (κ3) is 3.61. The van der Waals surface area contributed by atoms with Gasteiger partial charge in [-0.1, -0.05) is 35.4 Å². The first-order valence-corrected chi connectivity index (χ1v) is 11.3. The van der Waals surface area contributed by atoms with Crippen LogP contribution < -0.4 is 11.1 Å². The Labute approximate surface area is 182 Å². The van der Waals surface area contributed by atoms with Gasteiger partial charge in [-0.05, 0) is 65.3 Å². The molecule has 8 heteroatoms. The molecule has 0 fully saturated rings. The molecule has 4 aromatic rings. The smallest absolute Gasteiger partial charge is 0.268 e. The molecule has 1 heterocycles. The van der Waals surface area contributed by atoms with Crippen molar-refractivity contribution in [2.24, 2.45) is 0 Å². The highest BCUT2D eigenvalue weighted by Gasteiger charge is 2.19. The van der Waals surface area contributed by atoms with Crippen LogP contribution in [0.15, 0.2) is 76.2 Å². The van der Waals surface area contributed by atoms with Gasteiger partial charge in [-0.25, -0.2) is 12.4 Å². The first kappa shape index (κ1) is 19.8. The van der Waals surface area contributed by atoms with Gasteiger partial charge in [0.25, 0.3) is 10.0 Å². The van der Waals surface area contributed by atoms with Gasteiger partial charge in [0.05, 0.1) is 26.8 Å². The molecule has 0 aliphatic rings. The van der Waals surface area contributed by atoms with E-state index in [1.54, 1.807) is 60.8 Å². The number of halogens is 2. The minimum atomic E-state index is -3.71. The van der Waals surface area contributed by atoms with Gasteiger partial charge in [0.15, 0.2) is 0 Å². The summed E-state index contributed by atoms with van der Waals surface area (Å²) in [5.74, 6) is 0. The van der Waals surface area contributed by atoms with Crippen molar-refractivity contribution < 1.29 is 8.42 Å². The molecule has 0 saturated heterocycles. The van der Waals surface area contributed by atoms with Crippen molar-refractivity contribution in [1.82, 2.24) is 3.97 Å². The molecule has 0 aliphatic heterocycles. The molecule has 0 aliphatic carbocycles. The number of nitrogens with one attached hydrogen (secondary N) is 1. The second-order valence-electron chi connectivity index (χ2n) is 6.65. The van der Waals surface area contributed by atoms with Gasteiger partial charge in [0, 0.05) is 21.7 Å². The maximum Gasteiger partial charge on any atom is 0.268 e. The second-order valence-corrected chi connectivity index (χ2v) is 9.72. The van der Waals surface area contributed by atoms with E-state index in [1.165, 1.54) is 3.97 Å². The SMILES string of the molecule is Cc1ccc(S(=O)(=O)n2ccc3c(Nc4cc(Br)c(Cl)cc4N)cccc32)cc1. The summed E-state index contributed by atoms with van der Waals surface area (Å²) < 4.78 is 28.3. The number of fused-ring (bicyclic) bond motifs is 1. The zero-order chi connectivity index (χ0) is 20.8. The highest BCUT2D eigenvalue weighted by Crippen LogP contribution is 2.35. The number of nitrogens with zero attached hydrogens (tertiary/aromatic N) is 1. The molecule has 3 N–H and O–H groups in total. The molecule has 0 spiro atoms. The standard InChI is InChI=1S/C21H17BrClN3O2S/c1-13-5-7-14(8-6-13)29(27,28)26-10-9-15-19(3-2-4-21(15)26)25-20-11-16(22)17(23)12-18(20)24/h2-12,25H,24H2,1H3. The summed E-state index contributed by atoms with van der Waals surface area (Å²) in [6, 6.07) is 17.4. The fourth-order valence-corrected chi connectivity index (χ4v) is 4.96. The van der Waals surface area contributed by atoms with Crippen LogP contribution in [0.4, 0.5) is 17.1 Å². The van der Waals surface area contributed by atoms with Gasteiger partial charge < -0.3 is 11.1 Å². The van der Waals surface area contributed by atoms with Crippen LogP contribution in [0.1, 0.15) is 5.56 Å². The molecule has 29 heavy (non-hydrogen) atoms. The monoisotopic (exact) mass is 489 g/mol. The predicted molar refractivity (Wildman–Crippen MR) is 123 cm³/mol. The third-order valence-corrected chi connectivity index (χ3v) is 7.54. The lowest BCUT2D eigenvalue weighted by Gasteiger charge is -2.13. The Morgan fingerprint density at radius 3 is 2.48 bits per heavy atom. The lowest BCUT2D eigenvalue weighted by Crippen LogP contribution is -2.11. The lowest BCUT2D eigenvalue weighted by atomic mass is 10.2. The first-order chi connectivity index (χ1) is 13.8. The van der Waals surface area contributed by atoms with E-state index in [2.05, 4.69) is 21.2 Å². The number of nitrogen functional groups attached to an aromatic ring is 1. The zero-order valence-corrected chi connectivity index (χ0v) is 18.5. The molecule has 4 rings (SSSR count). The molecule has 0 radical (unpaired) electrons. The Bertz CT molecular complexity index is 1330. The van der Waals surface area contributed by atoms with E-state index >= 15 is 0 Å². The molecule has 0 atom stereocenters. The van der Waals surface area contributed by atoms with E-state index in [-0.39, 0.29) is 4.90 Å². The van der Waals surface area contributed by atoms with Crippen molar-refractivity contribution >= 4 is 65.5 Å². The Balaban J connectivity index is 1.80. The Kier molecular flexibility index (Phi) is 5.06. The number of aryl methyl sites for hydroxylation is 1. The first-order valence-electron chi connectivity index (χ1n) is 8.71. The molecular formula is C21H17BrClN3O2S. The highest BCUT2D eigenvalue weighted by atomic mass is 79.9. The van der Waals surface area contributed by atoms with Crippen LogP contribution in [0, 0.1) is 6.92 Å². The lowest BCUT2D eigenvalue weighted by molar-refractivity contribution is 0.589. The third-order valence-electron chi connectivity index (χ3n) is 4.64. The van der Waals surface area contributed by atoms with Gasteiger partial charge in [-0.2, -0.15) is 0 Å². The average molecular weight is 491 g/mol. The molecular weight excluding hydrogens is 474 g/mol. The van der Waals surface area contributed by atoms with E-state index < -0.39 is 10.0 Å². The zero-order valence-electron chi connectivity index (χ0n) is 15.4. The van der Waals surface area contributed by atoms with E-state index in [4.69, 9.17) is 17.3 Å². The fraction of sp³-hybridized carbons (Fsp3) is 0.0476. The maximum atomic E-state index is 13.1. The fourth-order valence-electron chi connectivity index (χ4n) is 3.10. The van der Waals surface area contributed by atoms with Crippen LogP contribution in [0.5, 0.6) is 0 Å². The molecule has 1 aromatic heterocycles. The van der Waals surface area contributed by atoms with Crippen molar-refractivity contribution in [3.05, 3.63) is 81.9 Å².